The summed E-state index contributed by atoms with van der Waals surface area (Å²) in [6.45, 7) is 7.43. The van der Waals surface area contributed by atoms with E-state index in [0.717, 1.165) is 0 Å². The molecule has 0 saturated heterocycles. The number of hydrogen-bond donors (Lipinski definition) is 2. The van der Waals surface area contributed by atoms with Gasteiger partial charge in [-0.15, -0.1) is 0 Å². The molecule has 0 bridgehead atoms. The van der Waals surface area contributed by atoms with Gasteiger partial charge in [0.15, 0.2) is 0 Å². The lowest BCUT2D eigenvalue weighted by Gasteiger charge is -2.28. The zero-order valence-corrected chi connectivity index (χ0v) is 11.8. The quantitative estimate of drug-likeness (QED) is 0.788. The number of carboxylic acid groups (broad SMARTS) is 1. The smallest absolute Gasteiger partial charge is 0.329 e. The molecule has 1 rings (SSSR count). The number of carbonyl (C=O) groups is 1. The molecule has 0 spiro atoms. The van der Waals surface area contributed by atoms with Gasteiger partial charge in [0.2, 0.25) is 11.8 Å². The van der Waals surface area contributed by atoms with E-state index >= 15 is 0 Å². The summed E-state index contributed by atoms with van der Waals surface area (Å²) in [4.78, 5) is 19.6. The van der Waals surface area contributed by atoms with Crippen LogP contribution < -0.4 is 10.1 Å². The molecule has 6 nitrogen and oxygen atoms in total. The average molecular weight is 267 g/mol. The Morgan fingerprint density at radius 3 is 2.58 bits per heavy atom. The molecule has 1 heterocycles. The van der Waals surface area contributed by atoms with Gasteiger partial charge in [0.05, 0.1) is 6.10 Å². The zero-order valence-electron chi connectivity index (χ0n) is 11.8. The Kier molecular flexibility index (Phi) is 5.09. The van der Waals surface area contributed by atoms with Gasteiger partial charge in [-0.2, -0.15) is 4.98 Å². The minimum absolute atomic E-state index is 0.00401. The van der Waals surface area contributed by atoms with E-state index in [1.54, 1.807) is 12.3 Å². The first-order valence-corrected chi connectivity index (χ1v) is 6.44. The van der Waals surface area contributed by atoms with Crippen molar-refractivity contribution in [1.29, 1.82) is 0 Å². The van der Waals surface area contributed by atoms with Crippen LogP contribution in [0.15, 0.2) is 12.3 Å². The lowest BCUT2D eigenvalue weighted by Crippen LogP contribution is -2.45. The van der Waals surface area contributed by atoms with Crippen LogP contribution in [0.3, 0.4) is 0 Å². The van der Waals surface area contributed by atoms with E-state index in [2.05, 4.69) is 15.3 Å². The largest absolute Gasteiger partial charge is 0.480 e. The highest BCUT2D eigenvalue weighted by Crippen LogP contribution is 2.21. The van der Waals surface area contributed by atoms with Gasteiger partial charge in [0.1, 0.15) is 5.54 Å². The fraction of sp³-hybridized carbons (Fsp3) is 0.615. The fourth-order valence-electron chi connectivity index (χ4n) is 1.71. The van der Waals surface area contributed by atoms with Crippen molar-refractivity contribution in [3.8, 4) is 5.88 Å². The van der Waals surface area contributed by atoms with Crippen LogP contribution in [0.25, 0.3) is 0 Å². The standard InChI is InChI=1S/C13H21N3O3/c1-5-13(6-2,11(17)18)16-12-14-8-7-10(15-12)19-9(3)4/h7-9H,5-6H2,1-4H3,(H,17,18)(H,14,15,16). The van der Waals surface area contributed by atoms with Crippen molar-refractivity contribution in [2.75, 3.05) is 5.32 Å². The molecule has 0 unspecified atom stereocenters. The molecular formula is C13H21N3O3. The Morgan fingerprint density at radius 1 is 1.47 bits per heavy atom. The van der Waals surface area contributed by atoms with Crippen LogP contribution in [0, 0.1) is 0 Å². The number of rotatable bonds is 7. The first-order valence-electron chi connectivity index (χ1n) is 6.44. The van der Waals surface area contributed by atoms with Gasteiger partial charge in [0, 0.05) is 12.3 Å². The Balaban J connectivity index is 2.94. The van der Waals surface area contributed by atoms with Crippen LogP contribution in [0.5, 0.6) is 5.88 Å². The first kappa shape index (κ1) is 15.2. The van der Waals surface area contributed by atoms with Crippen molar-refractivity contribution in [2.45, 2.75) is 52.2 Å². The normalized spacial score (nSPS) is 11.4. The topological polar surface area (TPSA) is 84.3 Å². The first-order chi connectivity index (χ1) is 8.93. The second kappa shape index (κ2) is 6.36. The molecule has 2 N–H and O–H groups in total. The van der Waals surface area contributed by atoms with Crippen molar-refractivity contribution in [1.82, 2.24) is 9.97 Å². The van der Waals surface area contributed by atoms with Crippen LogP contribution in [-0.2, 0) is 4.79 Å². The summed E-state index contributed by atoms with van der Waals surface area (Å²) < 4.78 is 5.46. The molecule has 0 aliphatic rings. The molecule has 6 heteroatoms. The summed E-state index contributed by atoms with van der Waals surface area (Å²) in [6.07, 6.45) is 2.43. The highest BCUT2D eigenvalue weighted by atomic mass is 16.5. The van der Waals surface area contributed by atoms with Gasteiger partial charge >= 0.3 is 5.97 Å². The van der Waals surface area contributed by atoms with E-state index in [4.69, 9.17) is 4.74 Å². The number of anilines is 1. The van der Waals surface area contributed by atoms with Crippen molar-refractivity contribution >= 4 is 11.9 Å². The maximum absolute atomic E-state index is 11.4. The number of ether oxygens (including phenoxy) is 1. The van der Waals surface area contributed by atoms with E-state index in [1.807, 2.05) is 27.7 Å². The van der Waals surface area contributed by atoms with Gasteiger partial charge in [-0.05, 0) is 26.7 Å². The summed E-state index contributed by atoms with van der Waals surface area (Å²) in [6, 6.07) is 1.64. The predicted molar refractivity (Wildman–Crippen MR) is 72.4 cm³/mol. The van der Waals surface area contributed by atoms with Crippen molar-refractivity contribution in [2.24, 2.45) is 0 Å². The van der Waals surface area contributed by atoms with Crippen LogP contribution >= 0.6 is 0 Å². The number of aromatic nitrogens is 2. The molecular weight excluding hydrogens is 246 g/mol. The minimum atomic E-state index is -1.05. The number of hydrogen-bond acceptors (Lipinski definition) is 5. The summed E-state index contributed by atoms with van der Waals surface area (Å²) >= 11 is 0. The van der Waals surface area contributed by atoms with E-state index in [0.29, 0.717) is 18.7 Å². The molecule has 0 fully saturated rings. The Hall–Kier alpha value is -1.85. The van der Waals surface area contributed by atoms with Gasteiger partial charge in [-0.1, -0.05) is 13.8 Å². The number of nitrogens with one attached hydrogen (secondary N) is 1. The second-order valence-corrected chi connectivity index (χ2v) is 4.60. The van der Waals surface area contributed by atoms with Crippen LogP contribution in [0.1, 0.15) is 40.5 Å². The second-order valence-electron chi connectivity index (χ2n) is 4.60. The van der Waals surface area contributed by atoms with Gasteiger partial charge in [0.25, 0.3) is 0 Å². The van der Waals surface area contributed by atoms with E-state index in [9.17, 15) is 9.90 Å². The average Bonchev–Trinajstić information content (AvgIpc) is 2.35. The Morgan fingerprint density at radius 2 is 2.11 bits per heavy atom. The number of nitrogens with zero attached hydrogens (tertiary/aromatic N) is 2. The highest BCUT2D eigenvalue weighted by Gasteiger charge is 2.35. The highest BCUT2D eigenvalue weighted by molar-refractivity contribution is 5.81. The molecule has 19 heavy (non-hydrogen) atoms. The molecule has 0 aliphatic heterocycles. The van der Waals surface area contributed by atoms with E-state index in [1.165, 1.54) is 0 Å². The summed E-state index contributed by atoms with van der Waals surface area (Å²) in [5.41, 5.74) is -1.05. The van der Waals surface area contributed by atoms with Crippen LogP contribution in [0.4, 0.5) is 5.95 Å². The number of aliphatic carboxylic acids is 1. The van der Waals surface area contributed by atoms with Gasteiger partial charge < -0.3 is 15.2 Å². The van der Waals surface area contributed by atoms with E-state index < -0.39 is 11.5 Å². The monoisotopic (exact) mass is 267 g/mol. The predicted octanol–water partition coefficient (Wildman–Crippen LogP) is 2.32. The molecule has 0 radical (unpaired) electrons. The molecule has 1 aromatic rings. The number of carboxylic acids is 1. The van der Waals surface area contributed by atoms with Crippen molar-refractivity contribution < 1.29 is 14.6 Å². The molecule has 0 amide bonds. The molecule has 106 valence electrons. The van der Waals surface area contributed by atoms with Crippen LogP contribution in [-0.4, -0.2) is 32.7 Å². The third-order valence-electron chi connectivity index (χ3n) is 2.95. The summed E-state index contributed by atoms with van der Waals surface area (Å²) in [7, 11) is 0. The third-order valence-corrected chi connectivity index (χ3v) is 2.95. The van der Waals surface area contributed by atoms with Gasteiger partial charge in [-0.3, -0.25) is 0 Å². The lowest BCUT2D eigenvalue weighted by atomic mass is 9.93. The Labute approximate surface area is 113 Å². The van der Waals surface area contributed by atoms with Crippen molar-refractivity contribution in [3.63, 3.8) is 0 Å². The third kappa shape index (κ3) is 3.81. The molecule has 0 saturated carbocycles. The van der Waals surface area contributed by atoms with Crippen LogP contribution in [0.2, 0.25) is 0 Å². The van der Waals surface area contributed by atoms with Crippen molar-refractivity contribution in [3.05, 3.63) is 12.3 Å². The maximum atomic E-state index is 11.4. The zero-order chi connectivity index (χ0) is 14.5. The lowest BCUT2D eigenvalue weighted by molar-refractivity contribution is -0.142. The molecule has 1 aromatic heterocycles. The van der Waals surface area contributed by atoms with Gasteiger partial charge in [-0.25, -0.2) is 9.78 Å². The fourth-order valence-corrected chi connectivity index (χ4v) is 1.71. The summed E-state index contributed by atoms with van der Waals surface area (Å²) in [5.74, 6) is -0.209. The summed E-state index contributed by atoms with van der Waals surface area (Å²) in [5, 5.41) is 12.3. The SMILES string of the molecule is CCC(CC)(Nc1nccc(OC(C)C)n1)C(=O)O. The Bertz CT molecular complexity index is 431. The van der Waals surface area contributed by atoms with E-state index in [-0.39, 0.29) is 12.1 Å². The molecule has 0 aliphatic carbocycles. The molecule has 0 aromatic carbocycles. The minimum Gasteiger partial charge on any atom is -0.480 e. The molecule has 0 atom stereocenters. The maximum Gasteiger partial charge on any atom is 0.329 e.